The predicted octanol–water partition coefficient (Wildman–Crippen LogP) is 2.51. The highest BCUT2D eigenvalue weighted by molar-refractivity contribution is 5.92. The van der Waals surface area contributed by atoms with Gasteiger partial charge in [-0.2, -0.15) is 0 Å². The van der Waals surface area contributed by atoms with Gasteiger partial charge in [0.1, 0.15) is 0 Å². The third kappa shape index (κ3) is 4.45. The van der Waals surface area contributed by atoms with Crippen LogP contribution in [0.1, 0.15) is 12.8 Å². The number of non-ortho nitro benzene ring substituents is 1. The molecule has 8 heteroatoms. The van der Waals surface area contributed by atoms with Crippen LogP contribution in [0.4, 0.5) is 20.2 Å². The third-order valence-electron chi connectivity index (χ3n) is 3.61. The molecule has 1 aliphatic rings. The number of rotatable bonds is 5. The monoisotopic (exact) mass is 313 g/mol. The molecule has 1 N–H and O–H groups in total. The standard InChI is InChI=1S/C14H17F2N3O3/c15-14(16)10-3-2-6-18(8-10)9-13(20)17-11-4-1-5-12(7-11)19(21)22/h1,4-5,7,10,14H,2-3,6,8-9H2,(H,17,20). The number of nitro benzene ring substituents is 1. The van der Waals surface area contributed by atoms with Crippen molar-refractivity contribution in [2.75, 3.05) is 25.0 Å². The minimum Gasteiger partial charge on any atom is -0.325 e. The van der Waals surface area contributed by atoms with Crippen molar-refractivity contribution < 1.29 is 18.5 Å². The number of nitrogens with one attached hydrogen (secondary N) is 1. The van der Waals surface area contributed by atoms with Crippen molar-refractivity contribution in [3.8, 4) is 0 Å². The topological polar surface area (TPSA) is 75.5 Å². The van der Waals surface area contributed by atoms with Crippen LogP contribution in [0.15, 0.2) is 24.3 Å². The smallest absolute Gasteiger partial charge is 0.271 e. The average molecular weight is 313 g/mol. The fraction of sp³-hybridized carbons (Fsp3) is 0.500. The zero-order valence-electron chi connectivity index (χ0n) is 11.9. The van der Waals surface area contributed by atoms with Gasteiger partial charge in [-0.3, -0.25) is 19.8 Å². The number of hydrogen-bond acceptors (Lipinski definition) is 4. The van der Waals surface area contributed by atoms with Gasteiger partial charge in [-0.15, -0.1) is 0 Å². The highest BCUT2D eigenvalue weighted by Crippen LogP contribution is 2.22. The lowest BCUT2D eigenvalue weighted by molar-refractivity contribution is -0.384. The Balaban J connectivity index is 1.90. The van der Waals surface area contributed by atoms with Crippen LogP contribution >= 0.6 is 0 Å². The lowest BCUT2D eigenvalue weighted by atomic mass is 9.99. The molecule has 22 heavy (non-hydrogen) atoms. The first kappa shape index (κ1) is 16.3. The molecule has 2 rings (SSSR count). The summed E-state index contributed by atoms with van der Waals surface area (Å²) < 4.78 is 25.4. The summed E-state index contributed by atoms with van der Waals surface area (Å²) in [7, 11) is 0. The van der Waals surface area contributed by atoms with E-state index in [1.807, 2.05) is 0 Å². The Hall–Kier alpha value is -2.09. The van der Waals surface area contributed by atoms with Gasteiger partial charge in [0.2, 0.25) is 12.3 Å². The van der Waals surface area contributed by atoms with Crippen LogP contribution in [-0.4, -0.2) is 41.8 Å². The molecule has 1 unspecified atom stereocenters. The van der Waals surface area contributed by atoms with Crippen LogP contribution in [0.2, 0.25) is 0 Å². The number of anilines is 1. The van der Waals surface area contributed by atoms with Gasteiger partial charge in [0.15, 0.2) is 0 Å². The van der Waals surface area contributed by atoms with Crippen LogP contribution < -0.4 is 5.32 Å². The minimum absolute atomic E-state index is 0.00586. The number of hydrogen-bond donors (Lipinski definition) is 1. The Kier molecular flexibility index (Phi) is 5.37. The van der Waals surface area contributed by atoms with Crippen LogP contribution in [0, 0.1) is 16.0 Å². The van der Waals surface area contributed by atoms with Gasteiger partial charge in [0.25, 0.3) is 5.69 Å². The summed E-state index contributed by atoms with van der Waals surface area (Å²) in [5.41, 5.74) is 0.204. The number of nitrogens with zero attached hydrogens (tertiary/aromatic N) is 2. The molecule has 1 aliphatic heterocycles. The van der Waals surface area contributed by atoms with E-state index in [9.17, 15) is 23.7 Å². The van der Waals surface area contributed by atoms with Crippen LogP contribution in [-0.2, 0) is 4.79 Å². The van der Waals surface area contributed by atoms with E-state index < -0.39 is 17.3 Å². The van der Waals surface area contributed by atoms with Gasteiger partial charge >= 0.3 is 0 Å². The molecule has 1 saturated heterocycles. The lowest BCUT2D eigenvalue weighted by Crippen LogP contribution is -2.42. The molecule has 1 fully saturated rings. The SMILES string of the molecule is O=C(CN1CCCC(C(F)F)C1)Nc1cccc([N+](=O)[O-])c1. The zero-order chi connectivity index (χ0) is 16.1. The number of nitro groups is 1. The first-order valence-electron chi connectivity index (χ1n) is 7.00. The summed E-state index contributed by atoms with van der Waals surface area (Å²) in [4.78, 5) is 23.7. The van der Waals surface area contributed by atoms with Gasteiger partial charge in [0, 0.05) is 30.3 Å². The van der Waals surface area contributed by atoms with Gasteiger partial charge in [0.05, 0.1) is 11.5 Å². The second-order valence-electron chi connectivity index (χ2n) is 5.33. The Labute approximate surface area is 126 Å². The van der Waals surface area contributed by atoms with Gasteiger partial charge < -0.3 is 5.32 Å². The number of amides is 1. The number of carbonyl (C=O) groups is 1. The Bertz CT molecular complexity index is 554. The van der Waals surface area contributed by atoms with E-state index in [-0.39, 0.29) is 24.7 Å². The molecule has 0 aliphatic carbocycles. The van der Waals surface area contributed by atoms with E-state index in [0.717, 1.165) is 0 Å². The summed E-state index contributed by atoms with van der Waals surface area (Å²) in [6, 6.07) is 5.61. The molecular weight excluding hydrogens is 296 g/mol. The molecule has 0 spiro atoms. The van der Waals surface area contributed by atoms with Crippen LogP contribution in [0.25, 0.3) is 0 Å². The van der Waals surface area contributed by atoms with E-state index in [1.54, 1.807) is 11.0 Å². The summed E-state index contributed by atoms with van der Waals surface area (Å²) in [5, 5.41) is 13.2. The van der Waals surface area contributed by atoms with Crippen molar-refractivity contribution >= 4 is 17.3 Å². The van der Waals surface area contributed by atoms with E-state index in [4.69, 9.17) is 0 Å². The number of halogens is 2. The molecule has 0 radical (unpaired) electrons. The van der Waals surface area contributed by atoms with Crippen molar-refractivity contribution in [2.24, 2.45) is 5.92 Å². The maximum Gasteiger partial charge on any atom is 0.271 e. The molecule has 1 amide bonds. The Morgan fingerprint density at radius 1 is 1.50 bits per heavy atom. The number of likely N-dealkylation sites (tertiary alicyclic amines) is 1. The maximum absolute atomic E-state index is 12.7. The fourth-order valence-corrected chi connectivity index (χ4v) is 2.54. The summed E-state index contributed by atoms with van der Waals surface area (Å²) in [6.45, 7) is 0.803. The van der Waals surface area contributed by atoms with E-state index >= 15 is 0 Å². The molecule has 0 bridgehead atoms. The molecule has 6 nitrogen and oxygen atoms in total. The second-order valence-corrected chi connectivity index (χ2v) is 5.33. The van der Waals surface area contributed by atoms with E-state index in [0.29, 0.717) is 25.1 Å². The van der Waals surface area contributed by atoms with Crippen molar-refractivity contribution in [3.63, 3.8) is 0 Å². The van der Waals surface area contributed by atoms with Crippen LogP contribution in [0.5, 0.6) is 0 Å². The Morgan fingerprint density at radius 3 is 2.95 bits per heavy atom. The van der Waals surface area contributed by atoms with Gasteiger partial charge in [-0.25, -0.2) is 8.78 Å². The zero-order valence-corrected chi connectivity index (χ0v) is 11.9. The van der Waals surface area contributed by atoms with E-state index in [1.165, 1.54) is 18.2 Å². The molecule has 1 atom stereocenters. The quantitative estimate of drug-likeness (QED) is 0.669. The molecule has 1 aromatic rings. The number of alkyl halides is 2. The lowest BCUT2D eigenvalue weighted by Gasteiger charge is -2.31. The Morgan fingerprint density at radius 2 is 2.27 bits per heavy atom. The number of carbonyl (C=O) groups excluding carboxylic acids is 1. The molecule has 1 aromatic carbocycles. The van der Waals surface area contributed by atoms with Crippen LogP contribution in [0.3, 0.4) is 0 Å². The first-order chi connectivity index (χ1) is 10.5. The van der Waals surface area contributed by atoms with E-state index in [2.05, 4.69) is 5.32 Å². The molecular formula is C14H17F2N3O3. The maximum atomic E-state index is 12.7. The van der Waals surface area contributed by atoms with Crippen molar-refractivity contribution in [1.82, 2.24) is 4.90 Å². The molecule has 1 heterocycles. The molecule has 0 saturated carbocycles. The predicted molar refractivity (Wildman–Crippen MR) is 76.9 cm³/mol. The highest BCUT2D eigenvalue weighted by atomic mass is 19.3. The van der Waals surface area contributed by atoms with Gasteiger partial charge in [-0.1, -0.05) is 6.07 Å². The number of benzene rings is 1. The summed E-state index contributed by atoms with van der Waals surface area (Å²) in [5.74, 6) is -1.06. The van der Waals surface area contributed by atoms with Gasteiger partial charge in [-0.05, 0) is 25.5 Å². The summed E-state index contributed by atoms with van der Waals surface area (Å²) >= 11 is 0. The average Bonchev–Trinajstić information content (AvgIpc) is 2.47. The second kappa shape index (κ2) is 7.26. The third-order valence-corrected chi connectivity index (χ3v) is 3.61. The normalized spacial score (nSPS) is 19.1. The van der Waals surface area contributed by atoms with Crippen molar-refractivity contribution in [1.29, 1.82) is 0 Å². The first-order valence-corrected chi connectivity index (χ1v) is 7.00. The molecule has 0 aromatic heterocycles. The largest absolute Gasteiger partial charge is 0.325 e. The minimum atomic E-state index is -2.37. The number of piperidine rings is 1. The molecule has 120 valence electrons. The summed E-state index contributed by atoms with van der Waals surface area (Å²) in [6.07, 6.45) is -1.26. The van der Waals surface area contributed by atoms with Crippen molar-refractivity contribution in [3.05, 3.63) is 34.4 Å². The van der Waals surface area contributed by atoms with Crippen molar-refractivity contribution in [2.45, 2.75) is 19.3 Å². The highest BCUT2D eigenvalue weighted by Gasteiger charge is 2.27. The fourth-order valence-electron chi connectivity index (χ4n) is 2.54.